The number of methoxy groups -OCH3 is 1. The first kappa shape index (κ1) is 28.5. The van der Waals surface area contributed by atoms with E-state index in [2.05, 4.69) is 15.3 Å². The zero-order chi connectivity index (χ0) is 27.7. The smallest absolute Gasteiger partial charge is 0.317 e. The molecule has 10 nitrogen and oxygen atoms in total. The topological polar surface area (TPSA) is 138 Å². The lowest BCUT2D eigenvalue weighted by Crippen LogP contribution is -2.24. The average Bonchev–Trinajstić information content (AvgIpc) is 3.49. The summed E-state index contributed by atoms with van der Waals surface area (Å²) in [6.07, 6.45) is 0.995. The van der Waals surface area contributed by atoms with Crippen molar-refractivity contribution in [2.75, 3.05) is 45.3 Å². The molecular weight excluding hydrogens is 498 g/mol. The molecule has 1 fully saturated rings. The molecule has 0 saturated carbocycles. The molecule has 1 atom stereocenters. The number of hydrogen-bond donors (Lipinski definition) is 3. The summed E-state index contributed by atoms with van der Waals surface area (Å²) in [6.45, 7) is 4.89. The van der Waals surface area contributed by atoms with Gasteiger partial charge in [-0.25, -0.2) is 18.3 Å². The first-order valence-corrected chi connectivity index (χ1v) is 12.0. The number of carbonyl (C=O) groups excluding carboxylic acids is 2. The Morgan fingerprint density at radius 3 is 2.50 bits per heavy atom. The summed E-state index contributed by atoms with van der Waals surface area (Å²) in [4.78, 5) is 24.2. The second-order valence-electron chi connectivity index (χ2n) is 8.72. The van der Waals surface area contributed by atoms with E-state index < -0.39 is 23.6 Å². The molecule has 1 aliphatic heterocycles. The van der Waals surface area contributed by atoms with Crippen molar-refractivity contribution in [3.63, 3.8) is 0 Å². The van der Waals surface area contributed by atoms with Crippen LogP contribution < -0.4 is 21.5 Å². The van der Waals surface area contributed by atoms with Gasteiger partial charge in [0.15, 0.2) is 18.2 Å². The lowest BCUT2D eigenvalue weighted by atomic mass is 9.98. The van der Waals surface area contributed by atoms with Crippen LogP contribution in [0.15, 0.2) is 48.5 Å². The molecule has 0 radical (unpaired) electrons. The van der Waals surface area contributed by atoms with Gasteiger partial charge in [0.1, 0.15) is 5.82 Å². The number of rotatable bonds is 9. The Hall–Kier alpha value is -4.03. The van der Waals surface area contributed by atoms with Crippen molar-refractivity contribution in [1.82, 2.24) is 14.7 Å². The lowest BCUT2D eigenvalue weighted by Gasteiger charge is -2.15. The van der Waals surface area contributed by atoms with Gasteiger partial charge in [0.05, 0.1) is 17.9 Å². The molecule has 3 amide bonds. The maximum absolute atomic E-state index is 13.1. The minimum Gasteiger partial charge on any atom is -0.466 e. The Morgan fingerprint density at radius 2 is 1.87 bits per heavy atom. The second kappa shape index (κ2) is 13.5. The molecule has 1 unspecified atom stereocenters. The number of nitrogens with two attached hydrogens (primary N) is 2. The van der Waals surface area contributed by atoms with Crippen LogP contribution in [0.4, 0.5) is 19.4 Å². The van der Waals surface area contributed by atoms with Crippen LogP contribution in [0.25, 0.3) is 5.69 Å². The average molecular weight is 531 g/mol. The summed E-state index contributed by atoms with van der Waals surface area (Å²) in [7, 11) is 1.68. The van der Waals surface area contributed by atoms with Crippen LogP contribution in [-0.2, 0) is 9.53 Å². The fraction of sp³-hybridized carbons (Fsp3) is 0.346. The summed E-state index contributed by atoms with van der Waals surface area (Å²) in [5.74, 6) is -1.27. The summed E-state index contributed by atoms with van der Waals surface area (Å²) in [6, 6.07) is 12.6. The second-order valence-corrected chi connectivity index (χ2v) is 8.72. The van der Waals surface area contributed by atoms with Crippen molar-refractivity contribution in [1.29, 1.82) is 0 Å². The van der Waals surface area contributed by atoms with Crippen LogP contribution in [0.5, 0.6) is 5.88 Å². The highest BCUT2D eigenvalue weighted by molar-refractivity contribution is 5.88. The number of halogens is 2. The van der Waals surface area contributed by atoms with E-state index in [1.807, 2.05) is 18.2 Å². The Labute approximate surface area is 219 Å². The monoisotopic (exact) mass is 530 g/mol. The van der Waals surface area contributed by atoms with Gasteiger partial charge in [0, 0.05) is 20.2 Å². The van der Waals surface area contributed by atoms with Gasteiger partial charge in [0.25, 0.3) is 5.91 Å². The summed E-state index contributed by atoms with van der Waals surface area (Å²) >= 11 is 0. The molecule has 38 heavy (non-hydrogen) atoms. The summed E-state index contributed by atoms with van der Waals surface area (Å²) < 4.78 is 37.7. The van der Waals surface area contributed by atoms with Gasteiger partial charge in [0.2, 0.25) is 5.88 Å². The van der Waals surface area contributed by atoms with Crippen molar-refractivity contribution in [3.8, 4) is 11.6 Å². The molecule has 0 aliphatic carbocycles. The van der Waals surface area contributed by atoms with Crippen molar-refractivity contribution in [2.45, 2.75) is 19.3 Å². The van der Waals surface area contributed by atoms with Gasteiger partial charge in [-0.05, 0) is 55.6 Å². The predicted molar refractivity (Wildman–Crippen MR) is 138 cm³/mol. The number of aromatic nitrogens is 2. The molecule has 204 valence electrons. The number of nitrogens with one attached hydrogen (secondary N) is 1. The van der Waals surface area contributed by atoms with E-state index in [0.717, 1.165) is 31.6 Å². The Morgan fingerprint density at radius 1 is 1.13 bits per heavy atom. The van der Waals surface area contributed by atoms with E-state index in [1.165, 1.54) is 16.8 Å². The van der Waals surface area contributed by atoms with Crippen LogP contribution in [0.1, 0.15) is 23.5 Å². The van der Waals surface area contributed by atoms with Crippen LogP contribution in [0.2, 0.25) is 0 Å². The number of para-hydroxylation sites is 1. The van der Waals surface area contributed by atoms with E-state index in [-0.39, 0.29) is 12.5 Å². The number of likely N-dealkylation sites (tertiary alicyclic amines) is 1. The minimum atomic E-state index is -0.775. The molecule has 4 rings (SSSR count). The maximum Gasteiger partial charge on any atom is 0.317 e. The standard InChI is InChI=1S/C13H17F2NO.C13H15N5O3/c1-17-7-6-16-5-4-11(9-16)10-2-3-12(14)13(15)8-10;1-8-11(16-13(15)20)18(9-5-3-2-4-6-9)17-12(8)21-7-10(14)19/h2-3,8,11H,4-7,9H2,1H3;2-6H,7H2,1H3,(H2,14,19)(H3,15,16,20). The van der Waals surface area contributed by atoms with Crippen LogP contribution in [0.3, 0.4) is 0 Å². The number of amides is 3. The Balaban J connectivity index is 0.000000215. The summed E-state index contributed by atoms with van der Waals surface area (Å²) in [5, 5.41) is 6.71. The molecule has 0 spiro atoms. The maximum atomic E-state index is 13.1. The minimum absolute atomic E-state index is 0.196. The van der Waals surface area contributed by atoms with Crippen LogP contribution in [0, 0.1) is 18.6 Å². The first-order valence-electron chi connectivity index (χ1n) is 12.0. The van der Waals surface area contributed by atoms with Crippen LogP contribution >= 0.6 is 0 Å². The van der Waals surface area contributed by atoms with Gasteiger partial charge in [-0.2, -0.15) is 0 Å². The summed E-state index contributed by atoms with van der Waals surface area (Å²) in [5.41, 5.74) is 12.3. The van der Waals surface area contributed by atoms with Gasteiger partial charge >= 0.3 is 6.03 Å². The van der Waals surface area contributed by atoms with Gasteiger partial charge < -0.3 is 25.8 Å². The molecular formula is C26H32F2N6O4. The third-order valence-corrected chi connectivity index (χ3v) is 5.97. The number of anilines is 1. The lowest BCUT2D eigenvalue weighted by molar-refractivity contribution is -0.120. The Bertz CT molecular complexity index is 1240. The number of hydrogen-bond acceptors (Lipinski definition) is 6. The largest absolute Gasteiger partial charge is 0.466 e. The molecule has 1 aromatic heterocycles. The quantitative estimate of drug-likeness (QED) is 0.389. The molecule has 1 saturated heterocycles. The van der Waals surface area contributed by atoms with E-state index in [0.29, 0.717) is 29.6 Å². The van der Waals surface area contributed by atoms with E-state index in [4.69, 9.17) is 20.9 Å². The van der Waals surface area contributed by atoms with E-state index >= 15 is 0 Å². The number of urea groups is 1. The number of nitrogens with zero attached hydrogens (tertiary/aromatic N) is 3. The number of benzene rings is 2. The third-order valence-electron chi connectivity index (χ3n) is 5.97. The SMILES string of the molecule is COCCN1CCC(c2ccc(F)c(F)c2)C1.Cc1c(OCC(N)=O)nn(-c2ccccc2)c1NC(N)=O. The highest BCUT2D eigenvalue weighted by Gasteiger charge is 2.24. The van der Waals surface area contributed by atoms with Crippen molar-refractivity contribution >= 4 is 17.8 Å². The van der Waals surface area contributed by atoms with Crippen molar-refractivity contribution < 1.29 is 27.8 Å². The highest BCUT2D eigenvalue weighted by Crippen LogP contribution is 2.29. The molecule has 1 aliphatic rings. The zero-order valence-corrected chi connectivity index (χ0v) is 21.3. The molecule has 0 bridgehead atoms. The first-order chi connectivity index (χ1) is 18.2. The third kappa shape index (κ3) is 7.73. The highest BCUT2D eigenvalue weighted by atomic mass is 19.2. The number of ether oxygens (including phenoxy) is 2. The fourth-order valence-electron chi connectivity index (χ4n) is 4.07. The van der Waals surface area contributed by atoms with Crippen molar-refractivity contribution in [2.24, 2.45) is 11.5 Å². The van der Waals surface area contributed by atoms with Crippen molar-refractivity contribution in [3.05, 3.63) is 71.3 Å². The Kier molecular flexibility index (Phi) is 10.1. The van der Waals surface area contributed by atoms with E-state index in [1.54, 1.807) is 32.2 Å². The predicted octanol–water partition coefficient (Wildman–Crippen LogP) is 2.94. The number of carbonyl (C=O) groups is 2. The number of primary amides is 2. The van der Waals surface area contributed by atoms with Gasteiger partial charge in [-0.1, -0.05) is 24.3 Å². The van der Waals surface area contributed by atoms with Gasteiger partial charge in [-0.15, -0.1) is 5.10 Å². The molecule has 12 heteroatoms. The molecule has 2 aromatic carbocycles. The van der Waals surface area contributed by atoms with Gasteiger partial charge in [-0.3, -0.25) is 10.1 Å². The molecule has 3 aromatic rings. The molecule has 2 heterocycles. The zero-order valence-electron chi connectivity index (χ0n) is 21.3. The molecule has 5 N–H and O–H groups in total. The van der Waals surface area contributed by atoms with Crippen LogP contribution in [-0.4, -0.2) is 66.6 Å². The normalized spacial score (nSPS) is 15.0. The van der Waals surface area contributed by atoms with E-state index in [9.17, 15) is 18.4 Å². The fourth-order valence-corrected chi connectivity index (χ4v) is 4.07.